The summed E-state index contributed by atoms with van der Waals surface area (Å²) in [5.41, 5.74) is 6.90. The van der Waals surface area contributed by atoms with Crippen LogP contribution in [0, 0.1) is 11.3 Å². The van der Waals surface area contributed by atoms with Gasteiger partial charge in [0.15, 0.2) is 0 Å². The number of nitrogens with two attached hydrogens (primary N) is 1. The van der Waals surface area contributed by atoms with Crippen LogP contribution in [-0.2, 0) is 4.79 Å². The third-order valence-electron chi connectivity index (χ3n) is 4.12. The number of carbonyl (C=O) groups excluding carboxylic acids is 1. The lowest BCUT2D eigenvalue weighted by Gasteiger charge is -2.10. The molecule has 3 rings (SSSR count). The molecule has 2 fully saturated rings. The Balaban J connectivity index is 1.71. The molecule has 0 bridgehead atoms. The lowest BCUT2D eigenvalue weighted by molar-refractivity contribution is -0.125. The molecule has 0 radical (unpaired) electrons. The van der Waals surface area contributed by atoms with Gasteiger partial charge in [-0.25, -0.2) is 0 Å². The van der Waals surface area contributed by atoms with E-state index >= 15 is 0 Å². The Kier molecular flexibility index (Phi) is 2.15. The van der Waals surface area contributed by atoms with Gasteiger partial charge < -0.3 is 5.73 Å². The van der Waals surface area contributed by atoms with Crippen LogP contribution in [0.25, 0.3) is 0 Å². The third-order valence-corrected chi connectivity index (χ3v) is 4.12. The minimum Gasteiger partial charge on any atom is -0.329 e. The van der Waals surface area contributed by atoms with Crippen molar-refractivity contribution in [1.82, 2.24) is 0 Å². The predicted octanol–water partition coefficient (Wildman–Crippen LogP) is 2.10. The average Bonchev–Trinajstić information content (AvgIpc) is 3.23. The summed E-state index contributed by atoms with van der Waals surface area (Å²) in [7, 11) is 0. The van der Waals surface area contributed by atoms with Gasteiger partial charge in [-0.3, -0.25) is 4.79 Å². The highest BCUT2D eigenvalue weighted by molar-refractivity contribution is 5.92. The smallest absolute Gasteiger partial charge is 0.143 e. The first kappa shape index (κ1) is 10.0. The van der Waals surface area contributed by atoms with Gasteiger partial charge in [-0.15, -0.1) is 0 Å². The zero-order chi connectivity index (χ0) is 11.2. The molecule has 2 atom stereocenters. The normalized spacial score (nSPS) is 29.8. The summed E-state index contributed by atoms with van der Waals surface area (Å²) in [5.74, 6) is 1.16. The van der Waals surface area contributed by atoms with Crippen molar-refractivity contribution in [3.8, 4) is 0 Å². The first-order valence-corrected chi connectivity index (χ1v) is 6.06. The molecule has 1 aromatic carbocycles. The van der Waals surface area contributed by atoms with Gasteiger partial charge in [-0.2, -0.15) is 0 Å². The van der Waals surface area contributed by atoms with E-state index in [-0.39, 0.29) is 11.3 Å². The largest absolute Gasteiger partial charge is 0.329 e. The molecule has 2 saturated carbocycles. The lowest BCUT2D eigenvalue weighted by atomic mass is 9.95. The third kappa shape index (κ3) is 1.49. The average molecular weight is 215 g/mol. The Hall–Kier alpha value is -1.15. The fraction of sp³-hybridized carbons (Fsp3) is 0.500. The lowest BCUT2D eigenvalue weighted by Crippen LogP contribution is -2.26. The Morgan fingerprint density at radius 3 is 2.56 bits per heavy atom. The van der Waals surface area contributed by atoms with Gasteiger partial charge >= 0.3 is 0 Å². The monoisotopic (exact) mass is 215 g/mol. The van der Waals surface area contributed by atoms with Crippen LogP contribution in [0.15, 0.2) is 30.3 Å². The zero-order valence-corrected chi connectivity index (χ0v) is 9.36. The molecule has 1 aromatic rings. The van der Waals surface area contributed by atoms with E-state index in [1.54, 1.807) is 0 Å². The van der Waals surface area contributed by atoms with Crippen molar-refractivity contribution in [2.75, 3.05) is 6.54 Å². The molecule has 16 heavy (non-hydrogen) atoms. The Morgan fingerprint density at radius 1 is 1.31 bits per heavy atom. The van der Waals surface area contributed by atoms with Crippen molar-refractivity contribution >= 4 is 5.78 Å². The highest BCUT2D eigenvalue weighted by Gasteiger charge is 2.56. The molecule has 0 heterocycles. The van der Waals surface area contributed by atoms with Crippen LogP contribution in [0.3, 0.4) is 0 Å². The quantitative estimate of drug-likeness (QED) is 0.835. The van der Waals surface area contributed by atoms with E-state index in [2.05, 4.69) is 12.1 Å². The maximum atomic E-state index is 12.2. The second-order valence-corrected chi connectivity index (χ2v) is 5.21. The van der Waals surface area contributed by atoms with Crippen LogP contribution in [0.4, 0.5) is 0 Å². The number of rotatable bonds is 4. The molecule has 0 aromatic heterocycles. The SMILES string of the molecule is NCC1(C(=O)C2CC2c2ccccc2)CC1. The summed E-state index contributed by atoms with van der Waals surface area (Å²) in [5, 5.41) is 0. The van der Waals surface area contributed by atoms with Gasteiger partial charge in [0.1, 0.15) is 5.78 Å². The summed E-state index contributed by atoms with van der Waals surface area (Å²) in [6.45, 7) is 0.545. The molecule has 0 spiro atoms. The van der Waals surface area contributed by atoms with Gasteiger partial charge in [0.05, 0.1) is 0 Å². The Bertz CT molecular complexity index is 408. The Morgan fingerprint density at radius 2 is 2.00 bits per heavy atom. The van der Waals surface area contributed by atoms with Crippen LogP contribution in [0.2, 0.25) is 0 Å². The van der Waals surface area contributed by atoms with E-state index in [0.29, 0.717) is 18.2 Å². The number of ketones is 1. The molecule has 2 nitrogen and oxygen atoms in total. The molecule has 2 heteroatoms. The first-order chi connectivity index (χ1) is 7.77. The molecule has 2 aliphatic carbocycles. The van der Waals surface area contributed by atoms with E-state index in [9.17, 15) is 4.79 Å². The molecule has 84 valence electrons. The summed E-state index contributed by atoms with van der Waals surface area (Å²) < 4.78 is 0. The Labute approximate surface area is 95.8 Å². The number of benzene rings is 1. The van der Waals surface area contributed by atoms with E-state index in [4.69, 9.17) is 5.73 Å². The van der Waals surface area contributed by atoms with Crippen molar-refractivity contribution in [2.24, 2.45) is 17.1 Å². The molecular formula is C14H17NO. The van der Waals surface area contributed by atoms with Gasteiger partial charge in [0, 0.05) is 17.9 Å². The highest BCUT2D eigenvalue weighted by Crippen LogP contribution is 2.56. The van der Waals surface area contributed by atoms with Crippen LogP contribution in [0.5, 0.6) is 0 Å². The van der Waals surface area contributed by atoms with Crippen molar-refractivity contribution in [3.63, 3.8) is 0 Å². The van der Waals surface area contributed by atoms with Gasteiger partial charge in [-0.1, -0.05) is 30.3 Å². The highest BCUT2D eigenvalue weighted by atomic mass is 16.1. The molecule has 2 aliphatic rings. The van der Waals surface area contributed by atoms with Gasteiger partial charge in [-0.05, 0) is 30.7 Å². The second kappa shape index (κ2) is 3.42. The number of carbonyl (C=O) groups is 1. The van der Waals surface area contributed by atoms with Crippen molar-refractivity contribution in [2.45, 2.75) is 25.2 Å². The molecular weight excluding hydrogens is 198 g/mol. The maximum Gasteiger partial charge on any atom is 0.143 e. The van der Waals surface area contributed by atoms with E-state index in [1.165, 1.54) is 5.56 Å². The zero-order valence-electron chi connectivity index (χ0n) is 9.36. The minimum absolute atomic E-state index is 0.117. The molecule has 0 saturated heterocycles. The summed E-state index contributed by atoms with van der Waals surface area (Å²) >= 11 is 0. The van der Waals surface area contributed by atoms with Crippen LogP contribution >= 0.6 is 0 Å². The summed E-state index contributed by atoms with van der Waals surface area (Å²) in [6, 6.07) is 10.4. The maximum absolute atomic E-state index is 12.2. The first-order valence-electron chi connectivity index (χ1n) is 6.06. The standard InChI is InChI=1S/C14H17NO/c15-9-14(6-7-14)13(16)12-8-11(12)10-4-2-1-3-5-10/h1-5,11-12H,6-9,15H2. The summed E-state index contributed by atoms with van der Waals surface area (Å²) in [4.78, 5) is 12.2. The van der Waals surface area contributed by atoms with Gasteiger partial charge in [0.2, 0.25) is 0 Å². The van der Waals surface area contributed by atoms with Crippen molar-refractivity contribution in [1.29, 1.82) is 0 Å². The van der Waals surface area contributed by atoms with E-state index in [1.807, 2.05) is 18.2 Å². The predicted molar refractivity (Wildman–Crippen MR) is 63.0 cm³/mol. The van der Waals surface area contributed by atoms with Crippen molar-refractivity contribution in [3.05, 3.63) is 35.9 Å². The number of hydrogen-bond donors (Lipinski definition) is 1. The van der Waals surface area contributed by atoms with Crippen molar-refractivity contribution < 1.29 is 4.79 Å². The van der Waals surface area contributed by atoms with E-state index < -0.39 is 0 Å². The number of Topliss-reactive ketones (excluding diaryl/α,β-unsaturated/α-hetero) is 1. The second-order valence-electron chi connectivity index (χ2n) is 5.21. The number of hydrogen-bond acceptors (Lipinski definition) is 2. The van der Waals surface area contributed by atoms with Gasteiger partial charge in [0.25, 0.3) is 0 Å². The fourth-order valence-electron chi connectivity index (χ4n) is 2.65. The summed E-state index contributed by atoms with van der Waals surface area (Å²) in [6.07, 6.45) is 3.06. The fourth-order valence-corrected chi connectivity index (χ4v) is 2.65. The topological polar surface area (TPSA) is 43.1 Å². The van der Waals surface area contributed by atoms with Crippen LogP contribution in [-0.4, -0.2) is 12.3 Å². The molecule has 2 N–H and O–H groups in total. The minimum atomic E-state index is -0.117. The molecule has 0 aliphatic heterocycles. The van der Waals surface area contributed by atoms with E-state index in [0.717, 1.165) is 19.3 Å². The van der Waals surface area contributed by atoms with Crippen LogP contribution in [0.1, 0.15) is 30.7 Å². The molecule has 2 unspecified atom stereocenters. The molecule has 0 amide bonds. The van der Waals surface area contributed by atoms with Crippen LogP contribution < -0.4 is 5.73 Å².